The van der Waals surface area contributed by atoms with Crippen molar-refractivity contribution < 1.29 is 9.50 Å². The number of hydrogen-bond donors (Lipinski definition) is 1. The summed E-state index contributed by atoms with van der Waals surface area (Å²) in [6.07, 6.45) is 3.17. The van der Waals surface area contributed by atoms with Crippen molar-refractivity contribution >= 4 is 0 Å². The quantitative estimate of drug-likeness (QED) is 0.879. The molecule has 0 aliphatic heterocycles. The molecular weight excluding hydrogens is 257 g/mol. The van der Waals surface area contributed by atoms with Crippen LogP contribution in [-0.4, -0.2) is 32.9 Å². The summed E-state index contributed by atoms with van der Waals surface area (Å²) in [6.45, 7) is 4.13. The van der Waals surface area contributed by atoms with Crippen molar-refractivity contribution in [2.24, 2.45) is 7.05 Å². The molecule has 0 bridgehead atoms. The van der Waals surface area contributed by atoms with Crippen LogP contribution in [0.1, 0.15) is 24.2 Å². The van der Waals surface area contributed by atoms with Gasteiger partial charge in [-0.2, -0.15) is 5.10 Å². The fourth-order valence-corrected chi connectivity index (χ4v) is 2.15. The summed E-state index contributed by atoms with van der Waals surface area (Å²) >= 11 is 0. The molecule has 1 heterocycles. The van der Waals surface area contributed by atoms with Crippen molar-refractivity contribution in [3.05, 3.63) is 53.6 Å². The summed E-state index contributed by atoms with van der Waals surface area (Å²) in [5.74, 6) is -0.288. The molecule has 0 spiro atoms. The molecule has 0 aliphatic rings. The summed E-state index contributed by atoms with van der Waals surface area (Å²) in [7, 11) is 1.88. The highest BCUT2D eigenvalue weighted by molar-refractivity contribution is 5.18. The number of benzene rings is 1. The molecule has 5 heteroatoms. The van der Waals surface area contributed by atoms with Gasteiger partial charge in [0.25, 0.3) is 0 Å². The van der Waals surface area contributed by atoms with E-state index in [1.807, 2.05) is 26.4 Å². The number of aliphatic hydroxyl groups excluding tert-OH is 1. The molecule has 2 aromatic rings. The predicted molar refractivity (Wildman–Crippen MR) is 75.5 cm³/mol. The van der Waals surface area contributed by atoms with Crippen LogP contribution >= 0.6 is 0 Å². The van der Waals surface area contributed by atoms with Gasteiger partial charge in [0.1, 0.15) is 5.82 Å². The Morgan fingerprint density at radius 3 is 2.60 bits per heavy atom. The number of aryl methyl sites for hydroxylation is 1. The van der Waals surface area contributed by atoms with Gasteiger partial charge in [0.05, 0.1) is 12.3 Å². The summed E-state index contributed by atoms with van der Waals surface area (Å²) < 4.78 is 14.6. The first kappa shape index (κ1) is 14.7. The second kappa shape index (κ2) is 6.63. The molecule has 108 valence electrons. The van der Waals surface area contributed by atoms with Crippen LogP contribution in [0.2, 0.25) is 0 Å². The number of halogens is 1. The minimum atomic E-state index is -0.618. The average molecular weight is 277 g/mol. The molecule has 1 aromatic heterocycles. The van der Waals surface area contributed by atoms with Crippen LogP contribution in [0, 0.1) is 5.82 Å². The third kappa shape index (κ3) is 3.88. The van der Waals surface area contributed by atoms with Crippen molar-refractivity contribution in [3.63, 3.8) is 0 Å². The summed E-state index contributed by atoms with van der Waals surface area (Å²) in [5, 5.41) is 14.3. The van der Waals surface area contributed by atoms with E-state index in [1.54, 1.807) is 16.8 Å². The maximum atomic E-state index is 12.9. The monoisotopic (exact) mass is 277 g/mol. The largest absolute Gasteiger partial charge is 0.387 e. The van der Waals surface area contributed by atoms with E-state index in [0.29, 0.717) is 6.54 Å². The Morgan fingerprint density at radius 2 is 2.05 bits per heavy atom. The Bertz CT molecular complexity index is 538. The normalized spacial score (nSPS) is 12.8. The molecule has 4 nitrogen and oxygen atoms in total. The number of nitrogens with zero attached hydrogens (tertiary/aromatic N) is 3. The van der Waals surface area contributed by atoms with Crippen LogP contribution in [0.5, 0.6) is 0 Å². The first-order chi connectivity index (χ1) is 9.58. The van der Waals surface area contributed by atoms with E-state index in [-0.39, 0.29) is 5.82 Å². The summed E-state index contributed by atoms with van der Waals surface area (Å²) in [6, 6.07) is 5.99. The van der Waals surface area contributed by atoms with E-state index in [2.05, 4.69) is 10.00 Å². The fourth-order valence-electron chi connectivity index (χ4n) is 2.15. The number of aromatic nitrogens is 2. The Kier molecular flexibility index (Phi) is 4.87. The van der Waals surface area contributed by atoms with Crippen LogP contribution in [0.15, 0.2) is 36.7 Å². The lowest BCUT2D eigenvalue weighted by molar-refractivity contribution is 0.112. The van der Waals surface area contributed by atoms with E-state index in [0.717, 1.165) is 24.2 Å². The van der Waals surface area contributed by atoms with Crippen LogP contribution in [0.25, 0.3) is 0 Å². The van der Waals surface area contributed by atoms with Crippen molar-refractivity contribution in [3.8, 4) is 0 Å². The molecule has 1 N–H and O–H groups in total. The van der Waals surface area contributed by atoms with Gasteiger partial charge in [0.2, 0.25) is 0 Å². The lowest BCUT2D eigenvalue weighted by Crippen LogP contribution is -2.28. The van der Waals surface area contributed by atoms with E-state index in [9.17, 15) is 9.50 Å². The predicted octanol–water partition coefficient (Wildman–Crippen LogP) is 2.11. The zero-order chi connectivity index (χ0) is 14.5. The maximum Gasteiger partial charge on any atom is 0.123 e. The number of hydrogen-bond acceptors (Lipinski definition) is 3. The summed E-state index contributed by atoms with van der Waals surface area (Å²) in [5.41, 5.74) is 1.84. The van der Waals surface area contributed by atoms with Gasteiger partial charge < -0.3 is 5.11 Å². The molecule has 0 fully saturated rings. The molecular formula is C15H20FN3O. The van der Waals surface area contributed by atoms with Crippen molar-refractivity contribution in [1.29, 1.82) is 0 Å². The number of aliphatic hydroxyl groups is 1. The Labute approximate surface area is 118 Å². The molecule has 0 radical (unpaired) electrons. The lowest BCUT2D eigenvalue weighted by Gasteiger charge is -2.23. The van der Waals surface area contributed by atoms with Gasteiger partial charge in [-0.15, -0.1) is 0 Å². The van der Waals surface area contributed by atoms with Crippen molar-refractivity contribution in [2.75, 3.05) is 13.1 Å². The smallest absolute Gasteiger partial charge is 0.123 e. The molecule has 2 rings (SSSR count). The highest BCUT2D eigenvalue weighted by atomic mass is 19.1. The standard InChI is InChI=1S/C15H20FN3O/c1-3-19(10-12-8-17-18(2)9-12)11-15(20)13-4-6-14(16)7-5-13/h4-9,15,20H,3,10-11H2,1-2H3. The molecule has 0 saturated carbocycles. The highest BCUT2D eigenvalue weighted by Crippen LogP contribution is 2.16. The Hall–Kier alpha value is -1.72. The van der Waals surface area contributed by atoms with E-state index >= 15 is 0 Å². The van der Waals surface area contributed by atoms with Crippen LogP contribution in [0.3, 0.4) is 0 Å². The van der Waals surface area contributed by atoms with Crippen molar-refractivity contribution in [2.45, 2.75) is 19.6 Å². The zero-order valence-electron chi connectivity index (χ0n) is 11.8. The van der Waals surface area contributed by atoms with Gasteiger partial charge in [-0.3, -0.25) is 9.58 Å². The number of likely N-dealkylation sites (N-methyl/N-ethyl adjacent to an activating group) is 1. The Morgan fingerprint density at radius 1 is 1.35 bits per heavy atom. The van der Waals surface area contributed by atoms with Gasteiger partial charge >= 0.3 is 0 Å². The molecule has 0 saturated heterocycles. The SMILES string of the molecule is CCN(Cc1cnn(C)c1)CC(O)c1ccc(F)cc1. The zero-order valence-corrected chi connectivity index (χ0v) is 11.8. The minimum Gasteiger partial charge on any atom is -0.387 e. The van der Waals surface area contributed by atoms with Gasteiger partial charge in [-0.1, -0.05) is 19.1 Å². The van der Waals surface area contributed by atoms with E-state index in [4.69, 9.17) is 0 Å². The molecule has 0 amide bonds. The van der Waals surface area contributed by atoms with Gasteiger partial charge in [-0.25, -0.2) is 4.39 Å². The molecule has 1 aromatic carbocycles. The third-order valence-electron chi connectivity index (χ3n) is 3.30. The third-order valence-corrected chi connectivity index (χ3v) is 3.30. The molecule has 0 aliphatic carbocycles. The van der Waals surface area contributed by atoms with Crippen LogP contribution in [-0.2, 0) is 13.6 Å². The van der Waals surface area contributed by atoms with E-state index in [1.165, 1.54) is 12.1 Å². The lowest BCUT2D eigenvalue weighted by atomic mass is 10.1. The number of rotatable bonds is 6. The van der Waals surface area contributed by atoms with Gasteiger partial charge in [0.15, 0.2) is 0 Å². The molecule has 1 atom stereocenters. The van der Waals surface area contributed by atoms with Crippen LogP contribution in [0.4, 0.5) is 4.39 Å². The van der Waals surface area contributed by atoms with Gasteiger partial charge in [-0.05, 0) is 24.2 Å². The first-order valence-electron chi connectivity index (χ1n) is 6.72. The second-order valence-corrected chi connectivity index (χ2v) is 4.92. The highest BCUT2D eigenvalue weighted by Gasteiger charge is 2.13. The molecule has 1 unspecified atom stereocenters. The van der Waals surface area contributed by atoms with Gasteiger partial charge in [0, 0.05) is 31.9 Å². The van der Waals surface area contributed by atoms with E-state index < -0.39 is 6.10 Å². The minimum absolute atomic E-state index is 0.288. The average Bonchev–Trinajstić information content (AvgIpc) is 2.84. The first-order valence-corrected chi connectivity index (χ1v) is 6.72. The van der Waals surface area contributed by atoms with Crippen LogP contribution < -0.4 is 0 Å². The Balaban J connectivity index is 1.96. The fraction of sp³-hybridized carbons (Fsp3) is 0.400. The molecule has 20 heavy (non-hydrogen) atoms. The summed E-state index contributed by atoms with van der Waals surface area (Å²) in [4.78, 5) is 2.13. The topological polar surface area (TPSA) is 41.3 Å². The maximum absolute atomic E-state index is 12.9. The van der Waals surface area contributed by atoms with Crippen molar-refractivity contribution in [1.82, 2.24) is 14.7 Å². The second-order valence-electron chi connectivity index (χ2n) is 4.92.